The molecule has 0 aliphatic heterocycles. The van der Waals surface area contributed by atoms with Crippen LogP contribution in [0.15, 0.2) is 4.99 Å². The first-order chi connectivity index (χ1) is 8.33. The van der Waals surface area contributed by atoms with Gasteiger partial charge in [0.15, 0.2) is 5.96 Å². The van der Waals surface area contributed by atoms with Crippen LogP contribution in [0, 0.1) is 0 Å². The highest BCUT2D eigenvalue weighted by Crippen LogP contribution is 2.16. The number of ether oxygens (including phenoxy) is 1. The summed E-state index contributed by atoms with van der Waals surface area (Å²) in [6, 6.07) is 0.556. The molecule has 0 atom stereocenters. The van der Waals surface area contributed by atoms with Gasteiger partial charge in [-0.1, -0.05) is 19.3 Å². The highest BCUT2D eigenvalue weighted by Gasteiger charge is 2.12. The molecule has 1 aliphatic rings. The number of hydrogen-bond donors (Lipinski definition) is 2. The number of guanidine groups is 1. The molecule has 0 heterocycles. The molecule has 5 heteroatoms. The summed E-state index contributed by atoms with van der Waals surface area (Å²) in [4.78, 5) is 4.36. The van der Waals surface area contributed by atoms with E-state index in [-0.39, 0.29) is 24.0 Å². The minimum Gasteiger partial charge on any atom is -0.385 e. The maximum atomic E-state index is 5.86. The summed E-state index contributed by atoms with van der Waals surface area (Å²) >= 11 is 0. The van der Waals surface area contributed by atoms with E-state index in [1.807, 2.05) is 0 Å². The zero-order valence-corrected chi connectivity index (χ0v) is 13.8. The molecule has 0 radical (unpaired) electrons. The molecule has 0 aromatic rings. The molecule has 4 nitrogen and oxygen atoms in total. The fraction of sp³-hybridized carbons (Fsp3) is 0.923. The summed E-state index contributed by atoms with van der Waals surface area (Å²) in [6.45, 7) is 1.68. The summed E-state index contributed by atoms with van der Waals surface area (Å²) < 4.78 is 5.00. The average Bonchev–Trinajstić information content (AvgIpc) is 2.35. The van der Waals surface area contributed by atoms with Gasteiger partial charge in [0.25, 0.3) is 0 Å². The van der Waals surface area contributed by atoms with Gasteiger partial charge in [0.05, 0.1) is 0 Å². The highest BCUT2D eigenvalue weighted by molar-refractivity contribution is 14.0. The van der Waals surface area contributed by atoms with Crippen molar-refractivity contribution in [1.29, 1.82) is 0 Å². The lowest BCUT2D eigenvalue weighted by atomic mass is 9.96. The van der Waals surface area contributed by atoms with E-state index in [2.05, 4.69) is 10.3 Å². The van der Waals surface area contributed by atoms with Gasteiger partial charge in [-0.2, -0.15) is 0 Å². The van der Waals surface area contributed by atoms with Gasteiger partial charge >= 0.3 is 0 Å². The zero-order valence-electron chi connectivity index (χ0n) is 11.5. The molecule has 0 bridgehead atoms. The zero-order chi connectivity index (χ0) is 12.3. The Labute approximate surface area is 128 Å². The molecular weight excluding hydrogens is 341 g/mol. The van der Waals surface area contributed by atoms with Gasteiger partial charge in [0, 0.05) is 26.3 Å². The van der Waals surface area contributed by atoms with Crippen LogP contribution in [0.1, 0.15) is 51.4 Å². The lowest BCUT2D eigenvalue weighted by Gasteiger charge is -2.23. The summed E-state index contributed by atoms with van der Waals surface area (Å²) in [7, 11) is 1.74. The number of nitrogens with zero attached hydrogens (tertiary/aromatic N) is 1. The van der Waals surface area contributed by atoms with Gasteiger partial charge in [-0.15, -0.1) is 24.0 Å². The predicted molar refractivity (Wildman–Crippen MR) is 87.6 cm³/mol. The Morgan fingerprint density at radius 3 is 2.61 bits per heavy atom. The third-order valence-electron chi connectivity index (χ3n) is 3.25. The first kappa shape index (κ1) is 18.0. The van der Waals surface area contributed by atoms with E-state index < -0.39 is 0 Å². The number of aliphatic imine (C=N–C) groups is 1. The molecular formula is C13H28IN3O. The van der Waals surface area contributed by atoms with Crippen LogP contribution in [0.4, 0.5) is 0 Å². The van der Waals surface area contributed by atoms with Crippen molar-refractivity contribution in [3.63, 3.8) is 0 Å². The van der Waals surface area contributed by atoms with Gasteiger partial charge in [0.1, 0.15) is 0 Å². The summed E-state index contributed by atoms with van der Waals surface area (Å²) in [5.41, 5.74) is 5.86. The van der Waals surface area contributed by atoms with Crippen LogP contribution in [0.2, 0.25) is 0 Å². The molecule has 3 N–H and O–H groups in total. The summed E-state index contributed by atoms with van der Waals surface area (Å²) in [5, 5.41) is 3.32. The molecule has 0 aromatic heterocycles. The smallest absolute Gasteiger partial charge is 0.188 e. The Balaban J connectivity index is 0.00000289. The van der Waals surface area contributed by atoms with Gasteiger partial charge in [-0.05, 0) is 32.1 Å². The molecule has 0 saturated heterocycles. The summed E-state index contributed by atoms with van der Waals surface area (Å²) in [6.07, 6.45) is 9.86. The molecule has 0 spiro atoms. The first-order valence-corrected chi connectivity index (χ1v) is 6.88. The van der Waals surface area contributed by atoms with Crippen LogP contribution in [0.3, 0.4) is 0 Å². The molecule has 108 valence electrons. The second-order valence-corrected chi connectivity index (χ2v) is 4.80. The van der Waals surface area contributed by atoms with Crippen molar-refractivity contribution >= 4 is 29.9 Å². The van der Waals surface area contributed by atoms with Crippen LogP contribution in [0.25, 0.3) is 0 Å². The molecule has 1 rings (SSSR count). The minimum absolute atomic E-state index is 0. The van der Waals surface area contributed by atoms with Crippen LogP contribution < -0.4 is 11.1 Å². The van der Waals surface area contributed by atoms with E-state index in [4.69, 9.17) is 10.5 Å². The van der Waals surface area contributed by atoms with E-state index in [1.165, 1.54) is 32.1 Å². The van der Waals surface area contributed by atoms with E-state index in [0.717, 1.165) is 32.4 Å². The van der Waals surface area contributed by atoms with Gasteiger partial charge < -0.3 is 15.8 Å². The molecule has 18 heavy (non-hydrogen) atoms. The van der Waals surface area contributed by atoms with Crippen molar-refractivity contribution in [1.82, 2.24) is 5.32 Å². The van der Waals surface area contributed by atoms with Gasteiger partial charge in [-0.3, -0.25) is 4.99 Å². The van der Waals surface area contributed by atoms with Crippen LogP contribution >= 0.6 is 24.0 Å². The van der Waals surface area contributed by atoms with Crippen molar-refractivity contribution in [2.75, 3.05) is 20.3 Å². The number of nitrogens with two attached hydrogens (primary N) is 1. The van der Waals surface area contributed by atoms with Crippen LogP contribution in [-0.4, -0.2) is 32.3 Å². The third-order valence-corrected chi connectivity index (χ3v) is 3.25. The van der Waals surface area contributed by atoms with Crippen LogP contribution in [-0.2, 0) is 4.74 Å². The fourth-order valence-electron chi connectivity index (χ4n) is 2.24. The van der Waals surface area contributed by atoms with E-state index in [1.54, 1.807) is 7.11 Å². The molecule has 0 aromatic carbocycles. The lowest BCUT2D eigenvalue weighted by Crippen LogP contribution is -2.41. The Kier molecular flexibility index (Phi) is 12.0. The monoisotopic (exact) mass is 369 g/mol. The summed E-state index contributed by atoms with van der Waals surface area (Å²) in [5.74, 6) is 0.628. The van der Waals surface area contributed by atoms with E-state index >= 15 is 0 Å². The average molecular weight is 369 g/mol. The second-order valence-electron chi connectivity index (χ2n) is 4.80. The minimum atomic E-state index is 0. The van der Waals surface area contributed by atoms with Crippen molar-refractivity contribution in [2.45, 2.75) is 57.4 Å². The second kappa shape index (κ2) is 12.0. The van der Waals surface area contributed by atoms with Crippen LogP contribution in [0.5, 0.6) is 0 Å². The molecule has 0 amide bonds. The third kappa shape index (κ3) is 8.97. The maximum absolute atomic E-state index is 5.86. The Hall–Kier alpha value is -0.0400. The SMILES string of the molecule is COCCCCCN=C(N)NC1CCCCC1.I. The normalized spacial score (nSPS) is 17.3. The number of halogens is 1. The predicted octanol–water partition coefficient (Wildman–Crippen LogP) is 2.66. The number of methoxy groups -OCH3 is 1. The van der Waals surface area contributed by atoms with Crippen molar-refractivity contribution in [3.8, 4) is 0 Å². The standard InChI is InChI=1S/C13H27N3O.HI/c1-17-11-7-3-6-10-15-13(14)16-12-8-4-2-5-9-12;/h12H,2-11H2,1H3,(H3,14,15,16);1H. The highest BCUT2D eigenvalue weighted by atomic mass is 127. The molecule has 1 fully saturated rings. The van der Waals surface area contributed by atoms with Gasteiger partial charge in [-0.25, -0.2) is 0 Å². The lowest BCUT2D eigenvalue weighted by molar-refractivity contribution is 0.192. The molecule has 1 saturated carbocycles. The molecule has 0 unspecified atom stereocenters. The number of rotatable bonds is 7. The number of unbranched alkanes of at least 4 members (excludes halogenated alkanes) is 2. The Morgan fingerprint density at radius 1 is 1.22 bits per heavy atom. The Morgan fingerprint density at radius 2 is 1.94 bits per heavy atom. The number of nitrogens with one attached hydrogen (secondary N) is 1. The largest absolute Gasteiger partial charge is 0.385 e. The Bertz CT molecular complexity index is 218. The van der Waals surface area contributed by atoms with E-state index in [9.17, 15) is 0 Å². The van der Waals surface area contributed by atoms with Gasteiger partial charge in [0.2, 0.25) is 0 Å². The first-order valence-electron chi connectivity index (χ1n) is 6.88. The fourth-order valence-corrected chi connectivity index (χ4v) is 2.24. The van der Waals surface area contributed by atoms with Crippen molar-refractivity contribution in [3.05, 3.63) is 0 Å². The number of hydrogen-bond acceptors (Lipinski definition) is 2. The molecule has 1 aliphatic carbocycles. The van der Waals surface area contributed by atoms with Crippen molar-refractivity contribution < 1.29 is 4.74 Å². The van der Waals surface area contributed by atoms with E-state index in [0.29, 0.717) is 12.0 Å². The van der Waals surface area contributed by atoms with Crippen molar-refractivity contribution in [2.24, 2.45) is 10.7 Å². The quantitative estimate of drug-likeness (QED) is 0.314. The topological polar surface area (TPSA) is 59.6 Å². The maximum Gasteiger partial charge on any atom is 0.188 e.